The number of nitrogens with one attached hydrogen (secondary N) is 1. The van der Waals surface area contributed by atoms with Crippen molar-refractivity contribution in [2.24, 2.45) is 0 Å². The lowest BCUT2D eigenvalue weighted by molar-refractivity contribution is -0.138. The van der Waals surface area contributed by atoms with Crippen LogP contribution in [0, 0.1) is 24.1 Å². The molecule has 2 amide bonds. The molecule has 0 spiro atoms. The maximum absolute atomic E-state index is 15.4. The highest BCUT2D eigenvalue weighted by atomic mass is 19.4. The Morgan fingerprint density at radius 3 is 2.59 bits per heavy atom. The van der Waals surface area contributed by atoms with Gasteiger partial charge in [-0.2, -0.15) is 18.4 Å². The van der Waals surface area contributed by atoms with Gasteiger partial charge in [-0.1, -0.05) is 12.6 Å². The van der Waals surface area contributed by atoms with E-state index in [1.807, 2.05) is 4.90 Å². The number of aryl methyl sites for hydroxylation is 1. The zero-order valence-electron chi connectivity index (χ0n) is 25.7. The number of likely N-dealkylation sites (N-methyl/N-ethyl adjacent to an activating group) is 1. The fourth-order valence-corrected chi connectivity index (χ4v) is 7.32. The van der Waals surface area contributed by atoms with Gasteiger partial charge in [-0.3, -0.25) is 19.4 Å². The van der Waals surface area contributed by atoms with Gasteiger partial charge in [0, 0.05) is 76.7 Å². The first-order valence-electron chi connectivity index (χ1n) is 15.4. The lowest BCUT2D eigenvalue weighted by atomic mass is 10.0. The highest BCUT2D eigenvalue weighted by Crippen LogP contribution is 2.38. The molecule has 3 saturated heterocycles. The number of hydrogen-bond donors (Lipinski definition) is 1. The number of anilines is 3. The Morgan fingerprint density at radius 1 is 1.17 bits per heavy atom. The summed E-state index contributed by atoms with van der Waals surface area (Å²) in [5.74, 6) is -1.30. The van der Waals surface area contributed by atoms with Gasteiger partial charge >= 0.3 is 6.18 Å². The van der Waals surface area contributed by atoms with Crippen molar-refractivity contribution in [3.8, 4) is 6.07 Å². The number of pyridine rings is 1. The number of hydrogen-bond acceptors (Lipinski definition) is 8. The molecule has 0 unspecified atom stereocenters. The Hall–Kier alpha value is -4.22. The molecule has 1 N–H and O–H groups in total. The maximum atomic E-state index is 15.4. The van der Waals surface area contributed by atoms with Crippen molar-refractivity contribution < 1.29 is 27.2 Å². The molecule has 3 fully saturated rings. The number of nitrogens with zero attached hydrogens (tertiary/aromatic N) is 7. The molecule has 10 nitrogen and oxygen atoms in total. The lowest BCUT2D eigenvalue weighted by Crippen LogP contribution is -2.64. The van der Waals surface area contributed by atoms with Gasteiger partial charge in [0.1, 0.15) is 29.3 Å². The first-order chi connectivity index (χ1) is 21.9. The van der Waals surface area contributed by atoms with Gasteiger partial charge in [0.05, 0.1) is 16.9 Å². The monoisotopic (exact) mass is 640 g/mol. The summed E-state index contributed by atoms with van der Waals surface area (Å²) in [6.07, 6.45) is -2.26. The van der Waals surface area contributed by atoms with E-state index in [1.165, 1.54) is 37.1 Å². The van der Waals surface area contributed by atoms with Crippen LogP contribution in [0.15, 0.2) is 36.9 Å². The van der Waals surface area contributed by atoms with Crippen LogP contribution in [0.3, 0.4) is 0 Å². The van der Waals surface area contributed by atoms with E-state index >= 15 is 4.39 Å². The van der Waals surface area contributed by atoms with Crippen LogP contribution in [0.5, 0.6) is 0 Å². The summed E-state index contributed by atoms with van der Waals surface area (Å²) in [5, 5.41) is 12.5. The molecule has 0 saturated carbocycles. The molecule has 14 heteroatoms. The van der Waals surface area contributed by atoms with E-state index in [2.05, 4.69) is 26.7 Å². The van der Waals surface area contributed by atoms with Crippen molar-refractivity contribution in [2.45, 2.75) is 50.1 Å². The number of likely N-dealkylation sites (tertiary alicyclic amines) is 3. The average Bonchev–Trinajstić information content (AvgIpc) is 3.58. The minimum absolute atomic E-state index is 0.0421. The molecule has 244 valence electrons. The normalized spacial score (nSPS) is 23.9. The third-order valence-electron chi connectivity index (χ3n) is 9.71. The molecular formula is C32H36F4N8O2. The van der Waals surface area contributed by atoms with E-state index in [1.54, 1.807) is 17.0 Å². The Bertz CT molecular complexity index is 1590. The van der Waals surface area contributed by atoms with Crippen LogP contribution in [0.25, 0.3) is 0 Å². The van der Waals surface area contributed by atoms with Crippen molar-refractivity contribution in [3.63, 3.8) is 0 Å². The lowest BCUT2D eigenvalue weighted by Gasteiger charge is -2.48. The van der Waals surface area contributed by atoms with Crippen molar-refractivity contribution in [1.82, 2.24) is 19.7 Å². The Balaban J connectivity index is 1.18. The summed E-state index contributed by atoms with van der Waals surface area (Å²) in [7, 11) is 1.51. The predicted octanol–water partition coefficient (Wildman–Crippen LogP) is 3.23. The van der Waals surface area contributed by atoms with E-state index < -0.39 is 35.1 Å². The van der Waals surface area contributed by atoms with Crippen LogP contribution in [-0.2, 0) is 15.8 Å². The SMILES string of the molecule is C=CC(=O)N1CC(N2C[C@H]3C[C@@H]2CN3CCN2CC[C@H](Nc3nc(C)cc(C(F)(F)F)c3C#N)C(=O)N(C)c3cccc(F)c32)C1. The fraction of sp³-hybridized carbons (Fsp3) is 0.500. The molecule has 0 radical (unpaired) electrons. The average molecular weight is 641 g/mol. The summed E-state index contributed by atoms with van der Waals surface area (Å²) in [6.45, 7) is 9.54. The third-order valence-corrected chi connectivity index (χ3v) is 9.71. The van der Waals surface area contributed by atoms with Crippen LogP contribution in [0.2, 0.25) is 0 Å². The summed E-state index contributed by atoms with van der Waals surface area (Å²) < 4.78 is 56.7. The van der Waals surface area contributed by atoms with E-state index in [4.69, 9.17) is 0 Å². The van der Waals surface area contributed by atoms with Crippen LogP contribution >= 0.6 is 0 Å². The fourth-order valence-electron chi connectivity index (χ4n) is 7.32. The molecule has 3 atom stereocenters. The third kappa shape index (κ3) is 5.78. The van der Waals surface area contributed by atoms with Gasteiger partial charge < -0.3 is 20.0 Å². The Labute approximate surface area is 264 Å². The number of halogens is 4. The first-order valence-corrected chi connectivity index (χ1v) is 15.4. The van der Waals surface area contributed by atoms with Crippen molar-refractivity contribution >= 4 is 29.0 Å². The Morgan fingerprint density at radius 2 is 1.93 bits per heavy atom. The zero-order valence-corrected chi connectivity index (χ0v) is 25.7. The van der Waals surface area contributed by atoms with Gasteiger partial charge in [0.2, 0.25) is 11.8 Å². The van der Waals surface area contributed by atoms with Crippen molar-refractivity contribution in [3.05, 3.63) is 59.6 Å². The van der Waals surface area contributed by atoms with Crippen LogP contribution in [-0.4, -0.2) is 109 Å². The largest absolute Gasteiger partial charge is 0.417 e. The quantitative estimate of drug-likeness (QED) is 0.364. The second-order valence-electron chi connectivity index (χ2n) is 12.5. The second kappa shape index (κ2) is 12.2. The standard InChI is InChI=1S/C32H36F4N8O2/c1-4-28(45)43-16-22(17-43)44-18-20-13-21(44)15-42(20)11-10-41-9-8-26(31(46)40(3)27-7-5-6-25(33)29(27)41)39-30-23(14-37)24(32(34,35)36)12-19(2)38-30/h4-7,12,20-22,26H,1,8-11,13,15-18H2,2-3H3,(H,38,39)/t20-,21-,26+/m1/s1. The minimum atomic E-state index is -4.78. The highest BCUT2D eigenvalue weighted by Gasteiger charge is 2.48. The van der Waals surface area contributed by atoms with Crippen LogP contribution < -0.4 is 15.1 Å². The second-order valence-corrected chi connectivity index (χ2v) is 12.5. The van der Waals surface area contributed by atoms with Gasteiger partial charge in [0.15, 0.2) is 0 Å². The smallest absolute Gasteiger partial charge is 0.366 e. The number of fused-ring (bicyclic) bond motifs is 3. The Kier molecular flexibility index (Phi) is 8.41. The number of carbonyl (C=O) groups excluding carboxylic acids is 2. The van der Waals surface area contributed by atoms with Gasteiger partial charge in [-0.25, -0.2) is 9.37 Å². The summed E-state index contributed by atoms with van der Waals surface area (Å²) in [4.78, 5) is 39.6. The molecule has 0 aliphatic carbocycles. The zero-order chi connectivity index (χ0) is 32.9. The number of benzene rings is 1. The first kappa shape index (κ1) is 31.7. The number of aromatic nitrogens is 1. The van der Waals surface area contributed by atoms with Gasteiger partial charge in [-0.05, 0) is 44.0 Å². The predicted molar refractivity (Wildman–Crippen MR) is 164 cm³/mol. The maximum Gasteiger partial charge on any atom is 0.417 e. The van der Waals surface area contributed by atoms with Crippen molar-refractivity contribution in [2.75, 3.05) is 68.0 Å². The molecule has 6 rings (SSSR count). The molecule has 2 bridgehead atoms. The number of rotatable bonds is 7. The minimum Gasteiger partial charge on any atom is -0.366 e. The number of alkyl halides is 3. The molecular weight excluding hydrogens is 604 g/mol. The summed E-state index contributed by atoms with van der Waals surface area (Å²) >= 11 is 0. The molecule has 4 aliphatic rings. The molecule has 5 heterocycles. The van der Waals surface area contributed by atoms with E-state index in [9.17, 15) is 28.0 Å². The van der Waals surface area contributed by atoms with E-state index in [0.29, 0.717) is 55.7 Å². The van der Waals surface area contributed by atoms with Crippen LogP contribution in [0.4, 0.5) is 34.8 Å². The summed E-state index contributed by atoms with van der Waals surface area (Å²) in [6, 6.07) is 7.01. The number of para-hydroxylation sites is 1. The number of amides is 2. The van der Waals surface area contributed by atoms with Crippen molar-refractivity contribution in [1.29, 1.82) is 5.26 Å². The molecule has 2 aromatic rings. The molecule has 1 aromatic heterocycles. The van der Waals surface area contributed by atoms with E-state index in [0.717, 1.165) is 25.6 Å². The highest BCUT2D eigenvalue weighted by molar-refractivity contribution is 6.01. The van der Waals surface area contributed by atoms with E-state index in [-0.39, 0.29) is 30.4 Å². The summed E-state index contributed by atoms with van der Waals surface area (Å²) in [5.41, 5.74) is -1.10. The molecule has 1 aromatic carbocycles. The molecule has 4 aliphatic heterocycles. The number of piperazine rings is 1. The van der Waals surface area contributed by atoms with Gasteiger partial charge in [-0.15, -0.1) is 0 Å². The molecule has 46 heavy (non-hydrogen) atoms. The van der Waals surface area contributed by atoms with Crippen LogP contribution in [0.1, 0.15) is 29.7 Å². The number of nitriles is 1. The van der Waals surface area contributed by atoms with Gasteiger partial charge in [0.25, 0.3) is 0 Å². The number of carbonyl (C=O) groups is 2. The topological polar surface area (TPSA) is 99.0 Å².